The monoisotopic (exact) mass is 196 g/mol. The average molecular weight is 196 g/mol. The number of benzene rings is 1. The molecule has 0 amide bonds. The van der Waals surface area contributed by atoms with E-state index in [2.05, 4.69) is 36.1 Å². The zero-order valence-electron chi connectivity index (χ0n) is 8.95. The molecule has 0 bridgehead atoms. The van der Waals surface area contributed by atoms with Gasteiger partial charge in [0.1, 0.15) is 0 Å². The van der Waals surface area contributed by atoms with Crippen LogP contribution in [0.5, 0.6) is 0 Å². The molecule has 0 spiro atoms. The lowest BCUT2D eigenvalue weighted by molar-refractivity contribution is 0.605. The summed E-state index contributed by atoms with van der Waals surface area (Å²) < 4.78 is 0. The maximum absolute atomic E-state index is 3.38. The summed E-state index contributed by atoms with van der Waals surface area (Å²) in [7, 11) is 0. The van der Waals surface area contributed by atoms with Crippen molar-refractivity contribution in [3.05, 3.63) is 48.0 Å². The Bertz CT molecular complexity index is 375. The molecular weight excluding hydrogens is 180 g/mol. The first kappa shape index (κ1) is 10.1. The Morgan fingerprint density at radius 3 is 2.80 bits per heavy atom. The lowest BCUT2D eigenvalue weighted by Gasteiger charge is -2.03. The predicted octanol–water partition coefficient (Wildman–Crippen LogP) is 3.78. The Hall–Kier alpha value is -1.48. The van der Waals surface area contributed by atoms with Gasteiger partial charge in [-0.3, -0.25) is 0 Å². The van der Waals surface area contributed by atoms with Gasteiger partial charge in [-0.1, -0.05) is 42.2 Å². The first-order valence-electron chi connectivity index (χ1n) is 5.67. The standard InChI is InChI=1S/C15H16/c1-2-5-9-14(8-4-1)12-13-15-10-6-3-7-11-15/h1,3-4,6-7,10-11,14H,2,5,8-9H2. The van der Waals surface area contributed by atoms with Crippen LogP contribution in [0, 0.1) is 17.8 Å². The van der Waals surface area contributed by atoms with Crippen molar-refractivity contribution in [1.82, 2.24) is 0 Å². The average Bonchev–Trinajstić information content (AvgIpc) is 2.56. The highest BCUT2D eigenvalue weighted by Gasteiger charge is 2.04. The second kappa shape index (κ2) is 5.41. The maximum atomic E-state index is 3.38. The fourth-order valence-corrected chi connectivity index (χ4v) is 1.82. The van der Waals surface area contributed by atoms with Gasteiger partial charge in [0.2, 0.25) is 0 Å². The molecule has 0 nitrogen and oxygen atoms in total. The first-order chi connectivity index (χ1) is 7.45. The van der Waals surface area contributed by atoms with Crippen molar-refractivity contribution in [2.75, 3.05) is 0 Å². The van der Waals surface area contributed by atoms with Crippen molar-refractivity contribution in [3.8, 4) is 11.8 Å². The molecule has 1 atom stereocenters. The molecule has 0 saturated heterocycles. The summed E-state index contributed by atoms with van der Waals surface area (Å²) in [5.74, 6) is 7.19. The molecule has 15 heavy (non-hydrogen) atoms. The van der Waals surface area contributed by atoms with Crippen LogP contribution in [0.4, 0.5) is 0 Å². The molecule has 0 heteroatoms. The van der Waals surface area contributed by atoms with Crippen molar-refractivity contribution < 1.29 is 0 Å². The van der Waals surface area contributed by atoms with E-state index in [0.717, 1.165) is 12.0 Å². The Morgan fingerprint density at radius 1 is 1.07 bits per heavy atom. The summed E-state index contributed by atoms with van der Waals surface area (Å²) in [6.07, 6.45) is 9.43. The third-order valence-corrected chi connectivity index (χ3v) is 2.71. The molecule has 2 rings (SSSR count). The van der Waals surface area contributed by atoms with Gasteiger partial charge in [0, 0.05) is 11.5 Å². The largest absolute Gasteiger partial charge is 0.0942 e. The third-order valence-electron chi connectivity index (χ3n) is 2.71. The maximum Gasteiger partial charge on any atom is 0.0245 e. The molecule has 1 aromatic carbocycles. The molecule has 1 aliphatic carbocycles. The van der Waals surface area contributed by atoms with E-state index < -0.39 is 0 Å². The minimum absolute atomic E-state index is 0.559. The lowest BCUT2D eigenvalue weighted by Crippen LogP contribution is -1.93. The number of hydrogen-bond donors (Lipinski definition) is 0. The highest BCUT2D eigenvalue weighted by molar-refractivity contribution is 5.34. The van der Waals surface area contributed by atoms with E-state index in [9.17, 15) is 0 Å². The molecule has 0 N–H and O–H groups in total. The minimum Gasteiger partial charge on any atom is -0.0942 e. The van der Waals surface area contributed by atoms with Crippen molar-refractivity contribution >= 4 is 0 Å². The smallest absolute Gasteiger partial charge is 0.0245 e. The summed E-state index contributed by atoms with van der Waals surface area (Å²) in [5, 5.41) is 0. The summed E-state index contributed by atoms with van der Waals surface area (Å²) in [5.41, 5.74) is 1.13. The molecule has 0 aromatic heterocycles. The quantitative estimate of drug-likeness (QED) is 0.437. The van der Waals surface area contributed by atoms with Crippen LogP contribution in [-0.2, 0) is 0 Å². The van der Waals surface area contributed by atoms with Crippen molar-refractivity contribution in [3.63, 3.8) is 0 Å². The zero-order valence-corrected chi connectivity index (χ0v) is 8.95. The Labute approximate surface area is 92.0 Å². The highest BCUT2D eigenvalue weighted by atomic mass is 14.1. The molecule has 0 aliphatic heterocycles. The number of allylic oxidation sites excluding steroid dienone is 2. The van der Waals surface area contributed by atoms with Crippen molar-refractivity contribution in [2.24, 2.45) is 5.92 Å². The zero-order chi connectivity index (χ0) is 10.3. The second-order valence-corrected chi connectivity index (χ2v) is 3.97. The normalized spacial score (nSPS) is 20.1. The van der Waals surface area contributed by atoms with Gasteiger partial charge in [-0.05, 0) is 37.8 Å². The van der Waals surface area contributed by atoms with Crippen LogP contribution in [-0.4, -0.2) is 0 Å². The lowest BCUT2D eigenvalue weighted by atomic mass is 10.0. The van der Waals surface area contributed by atoms with Crippen LogP contribution in [0.25, 0.3) is 0 Å². The fraction of sp³-hybridized carbons (Fsp3) is 0.333. The van der Waals surface area contributed by atoms with E-state index in [1.807, 2.05) is 18.2 Å². The summed E-state index contributed by atoms with van der Waals surface area (Å²) >= 11 is 0. The van der Waals surface area contributed by atoms with Gasteiger partial charge in [0.25, 0.3) is 0 Å². The first-order valence-corrected chi connectivity index (χ1v) is 5.67. The number of rotatable bonds is 0. The van der Waals surface area contributed by atoms with Crippen LogP contribution in [0.1, 0.15) is 31.2 Å². The van der Waals surface area contributed by atoms with Gasteiger partial charge in [-0.15, -0.1) is 0 Å². The summed E-state index contributed by atoms with van der Waals surface area (Å²) in [4.78, 5) is 0. The highest BCUT2D eigenvalue weighted by Crippen LogP contribution is 2.17. The molecule has 76 valence electrons. The molecule has 0 radical (unpaired) electrons. The van der Waals surface area contributed by atoms with Gasteiger partial charge in [0.15, 0.2) is 0 Å². The molecule has 1 aromatic rings. The van der Waals surface area contributed by atoms with Gasteiger partial charge in [-0.25, -0.2) is 0 Å². The summed E-state index contributed by atoms with van der Waals surface area (Å²) in [6, 6.07) is 10.2. The van der Waals surface area contributed by atoms with Gasteiger partial charge < -0.3 is 0 Å². The second-order valence-electron chi connectivity index (χ2n) is 3.97. The summed E-state index contributed by atoms with van der Waals surface area (Å²) in [6.45, 7) is 0. The van der Waals surface area contributed by atoms with Gasteiger partial charge >= 0.3 is 0 Å². The van der Waals surface area contributed by atoms with Crippen molar-refractivity contribution in [1.29, 1.82) is 0 Å². The van der Waals surface area contributed by atoms with E-state index >= 15 is 0 Å². The molecular formula is C15H16. The SMILES string of the molecule is C(#CC1CC=CCCC1)c1ccccc1. The topological polar surface area (TPSA) is 0 Å². The van der Waals surface area contributed by atoms with E-state index in [1.165, 1.54) is 19.3 Å². The van der Waals surface area contributed by atoms with Gasteiger partial charge in [-0.2, -0.15) is 0 Å². The Morgan fingerprint density at radius 2 is 1.93 bits per heavy atom. The van der Waals surface area contributed by atoms with Gasteiger partial charge in [0.05, 0.1) is 0 Å². The minimum atomic E-state index is 0.559. The van der Waals surface area contributed by atoms with Crippen LogP contribution in [0.2, 0.25) is 0 Å². The molecule has 1 aliphatic rings. The van der Waals surface area contributed by atoms with Crippen LogP contribution in [0.3, 0.4) is 0 Å². The predicted molar refractivity (Wildman–Crippen MR) is 64.4 cm³/mol. The fourth-order valence-electron chi connectivity index (χ4n) is 1.82. The molecule has 0 saturated carbocycles. The number of hydrogen-bond acceptors (Lipinski definition) is 0. The van der Waals surface area contributed by atoms with Crippen LogP contribution < -0.4 is 0 Å². The van der Waals surface area contributed by atoms with Crippen LogP contribution in [0.15, 0.2) is 42.5 Å². The molecule has 0 heterocycles. The Kier molecular flexibility index (Phi) is 3.63. The van der Waals surface area contributed by atoms with E-state index in [0.29, 0.717) is 5.92 Å². The Balaban J connectivity index is 2.01. The van der Waals surface area contributed by atoms with Crippen LogP contribution >= 0.6 is 0 Å². The molecule has 0 fully saturated rings. The third kappa shape index (κ3) is 3.29. The van der Waals surface area contributed by atoms with E-state index in [-0.39, 0.29) is 0 Å². The van der Waals surface area contributed by atoms with Crippen molar-refractivity contribution in [2.45, 2.75) is 25.7 Å². The van der Waals surface area contributed by atoms with E-state index in [4.69, 9.17) is 0 Å². The molecule has 1 unspecified atom stereocenters. The van der Waals surface area contributed by atoms with E-state index in [1.54, 1.807) is 0 Å².